The first kappa shape index (κ1) is 37.2. The van der Waals surface area contributed by atoms with E-state index < -0.39 is 30.4 Å². The topological polar surface area (TPSA) is 144 Å². The number of thiophene rings is 1. The zero-order chi connectivity index (χ0) is 31.2. The number of hydrogen-bond donors (Lipinski definition) is 4. The lowest BCUT2D eigenvalue weighted by Gasteiger charge is -2.25. The van der Waals surface area contributed by atoms with Crippen molar-refractivity contribution in [1.82, 2.24) is 20.6 Å². The maximum Gasteiger partial charge on any atom is 0.407 e. The van der Waals surface area contributed by atoms with E-state index in [1.165, 1.54) is 12.4 Å². The Morgan fingerprint density at radius 2 is 1.91 bits per heavy atom. The van der Waals surface area contributed by atoms with Gasteiger partial charge in [-0.1, -0.05) is 0 Å². The molecule has 16 heteroatoms. The summed E-state index contributed by atoms with van der Waals surface area (Å²) in [5.74, 6) is 0.575. The Labute approximate surface area is 260 Å². The van der Waals surface area contributed by atoms with E-state index in [0.717, 1.165) is 24.2 Å². The van der Waals surface area contributed by atoms with Crippen LogP contribution in [-0.2, 0) is 20.6 Å². The number of carbonyl (C=O) groups excluding carboxylic acids is 1. The van der Waals surface area contributed by atoms with Crippen molar-refractivity contribution in [2.24, 2.45) is 5.73 Å². The second-order valence-corrected chi connectivity index (χ2v) is 12.8. The molecule has 0 spiro atoms. The number of halogens is 4. The van der Waals surface area contributed by atoms with Gasteiger partial charge in [-0.2, -0.15) is 13.2 Å². The summed E-state index contributed by atoms with van der Waals surface area (Å²) in [6.45, 7) is 5.76. The number of nitrogens with two attached hydrogens (primary N) is 1. The van der Waals surface area contributed by atoms with E-state index in [9.17, 15) is 23.1 Å². The highest BCUT2D eigenvalue weighted by atomic mass is 35.5. The van der Waals surface area contributed by atoms with Crippen LogP contribution in [0.1, 0.15) is 51.3 Å². The van der Waals surface area contributed by atoms with Crippen LogP contribution < -0.4 is 21.3 Å². The quantitative estimate of drug-likeness (QED) is 0.310. The highest BCUT2D eigenvalue weighted by molar-refractivity contribution is 7.18. The lowest BCUT2D eigenvalue weighted by atomic mass is 10.2. The summed E-state index contributed by atoms with van der Waals surface area (Å²) in [5.41, 5.74) is 5.35. The van der Waals surface area contributed by atoms with Crippen molar-refractivity contribution in [2.45, 2.75) is 101 Å². The summed E-state index contributed by atoms with van der Waals surface area (Å²) in [7, 11) is 5.31. The Hall–Kier alpha value is -2.01. The lowest BCUT2D eigenvalue weighted by Crippen LogP contribution is -2.44. The van der Waals surface area contributed by atoms with Gasteiger partial charge < -0.3 is 40.6 Å². The molecule has 246 valence electrons. The average Bonchev–Trinajstić information content (AvgIpc) is 3.56. The molecule has 0 aliphatic heterocycles. The number of fused-ring (bicyclic) bond motifs is 1. The molecule has 0 unspecified atom stereocenters. The minimum Gasteiger partial charge on any atom is -0.444 e. The van der Waals surface area contributed by atoms with E-state index in [4.69, 9.17) is 19.9 Å². The zero-order valence-corrected chi connectivity index (χ0v) is 26.9. The third kappa shape index (κ3) is 11.1. The summed E-state index contributed by atoms with van der Waals surface area (Å²) >= 11 is 1.03. The number of aliphatic hydroxyl groups excluding tert-OH is 1. The number of nitrogens with one attached hydrogen (secondary N) is 2. The molecule has 0 aromatic carbocycles. The number of hydrogen-bond acceptors (Lipinski definition) is 11. The Morgan fingerprint density at radius 1 is 1.21 bits per heavy atom. The summed E-state index contributed by atoms with van der Waals surface area (Å²) in [6, 6.07) is 1.50. The van der Waals surface area contributed by atoms with Crippen molar-refractivity contribution in [3.63, 3.8) is 0 Å². The van der Waals surface area contributed by atoms with Gasteiger partial charge >= 0.3 is 12.3 Å². The van der Waals surface area contributed by atoms with Crippen LogP contribution in [0.15, 0.2) is 12.4 Å². The molecule has 6 atom stereocenters. The van der Waals surface area contributed by atoms with Crippen LogP contribution in [0.4, 0.5) is 23.8 Å². The molecular formula is C27H44ClF3N6O5S. The second-order valence-electron chi connectivity index (χ2n) is 11.7. The maximum atomic E-state index is 12.6. The van der Waals surface area contributed by atoms with Crippen LogP contribution in [-0.4, -0.2) is 97.3 Å². The van der Waals surface area contributed by atoms with Crippen molar-refractivity contribution in [2.75, 3.05) is 32.9 Å². The first-order valence-electron chi connectivity index (χ1n) is 13.8. The Bertz CT molecular complexity index is 1160. The summed E-state index contributed by atoms with van der Waals surface area (Å²) < 4.78 is 53.5. The maximum absolute atomic E-state index is 12.6. The number of alkyl halides is 3. The van der Waals surface area contributed by atoms with Crippen molar-refractivity contribution in [3.05, 3.63) is 17.3 Å². The molecule has 5 N–H and O–H groups in total. The van der Waals surface area contributed by atoms with E-state index in [0.29, 0.717) is 34.9 Å². The fraction of sp³-hybridized carbons (Fsp3) is 0.741. The molecule has 2 aromatic heterocycles. The fourth-order valence-corrected chi connectivity index (χ4v) is 6.18. The molecule has 2 aromatic rings. The molecule has 0 radical (unpaired) electrons. The zero-order valence-electron chi connectivity index (χ0n) is 25.3. The summed E-state index contributed by atoms with van der Waals surface area (Å²) in [6.07, 6.45) is -2.08. The van der Waals surface area contributed by atoms with Gasteiger partial charge in [0.2, 0.25) is 0 Å². The Kier molecular flexibility index (Phi) is 13.7. The Balaban J connectivity index is 0.000000299. The number of aromatic nitrogens is 2. The number of aliphatic hydroxyl groups is 1. The highest BCUT2D eigenvalue weighted by Gasteiger charge is 2.37. The molecule has 2 heterocycles. The number of nitrogens with zero attached hydrogens (tertiary/aromatic N) is 3. The van der Waals surface area contributed by atoms with Crippen LogP contribution in [0.3, 0.4) is 0 Å². The minimum atomic E-state index is -4.25. The molecule has 2 saturated carbocycles. The van der Waals surface area contributed by atoms with Crippen molar-refractivity contribution in [1.29, 1.82) is 0 Å². The smallest absolute Gasteiger partial charge is 0.407 e. The van der Waals surface area contributed by atoms with Crippen molar-refractivity contribution < 1.29 is 37.3 Å². The number of alkyl carbamates (subject to hydrolysis) is 1. The molecule has 0 bridgehead atoms. The standard InChI is InChI=1S/C14H17F3N4OS.C13H26N2O4.ClH/c1-21(7-2-10(18)11(22)3-7)12-9-4-8(5-14(15,16)17)23-13(9)20-6-19-12;1-13(2,3)19-12(16)15-10-6-9(14-4)7-11(10)18-8-17-5;/h4,6-7,10-11,22H,2-3,5,18H2,1H3;9-11,14H,6-8H2,1-5H3,(H,15,16);1H/t7-,10+,11-;9-,10+,11-;/m00./s1. The monoisotopic (exact) mass is 656 g/mol. The number of anilines is 1. The molecule has 4 rings (SSSR count). The van der Waals surface area contributed by atoms with Gasteiger partial charge in [-0.3, -0.25) is 0 Å². The molecule has 2 aliphatic carbocycles. The van der Waals surface area contributed by atoms with Crippen molar-refractivity contribution >= 4 is 45.9 Å². The van der Waals surface area contributed by atoms with E-state index in [2.05, 4.69) is 20.6 Å². The first-order valence-corrected chi connectivity index (χ1v) is 14.7. The van der Waals surface area contributed by atoms with Gasteiger partial charge in [0.25, 0.3) is 0 Å². The molecule has 1 amide bonds. The van der Waals surface area contributed by atoms with E-state index in [1.54, 1.807) is 7.11 Å². The van der Waals surface area contributed by atoms with Crippen LogP contribution in [0.25, 0.3) is 10.2 Å². The van der Waals surface area contributed by atoms with Gasteiger partial charge in [-0.25, -0.2) is 14.8 Å². The molecule has 0 saturated heterocycles. The number of carbonyl (C=O) groups is 1. The molecular weight excluding hydrogens is 613 g/mol. The molecule has 2 fully saturated rings. The third-order valence-electron chi connectivity index (χ3n) is 7.18. The number of ether oxygens (including phenoxy) is 3. The molecule has 43 heavy (non-hydrogen) atoms. The fourth-order valence-electron chi connectivity index (χ4n) is 5.15. The van der Waals surface area contributed by atoms with Gasteiger partial charge in [0.1, 0.15) is 29.4 Å². The predicted molar refractivity (Wildman–Crippen MR) is 162 cm³/mol. The predicted octanol–water partition coefficient (Wildman–Crippen LogP) is 3.76. The largest absolute Gasteiger partial charge is 0.444 e. The second kappa shape index (κ2) is 15.8. The highest BCUT2D eigenvalue weighted by Crippen LogP contribution is 2.35. The Morgan fingerprint density at radius 3 is 2.47 bits per heavy atom. The van der Waals surface area contributed by atoms with Gasteiger partial charge in [0, 0.05) is 37.2 Å². The van der Waals surface area contributed by atoms with Gasteiger partial charge in [0.15, 0.2) is 0 Å². The minimum absolute atomic E-state index is 0. The summed E-state index contributed by atoms with van der Waals surface area (Å²) in [5, 5.41) is 16.5. The first-order chi connectivity index (χ1) is 19.6. The van der Waals surface area contributed by atoms with Crippen LogP contribution in [0.5, 0.6) is 0 Å². The number of rotatable bonds is 8. The van der Waals surface area contributed by atoms with E-state index in [-0.39, 0.29) is 48.3 Å². The van der Waals surface area contributed by atoms with Crippen LogP contribution >= 0.6 is 23.7 Å². The number of amides is 1. The third-order valence-corrected chi connectivity index (χ3v) is 8.23. The van der Waals surface area contributed by atoms with E-state index in [1.807, 2.05) is 39.8 Å². The number of methoxy groups -OCH3 is 1. The lowest BCUT2D eigenvalue weighted by molar-refractivity contribution is -0.126. The summed E-state index contributed by atoms with van der Waals surface area (Å²) in [4.78, 5) is 22.7. The van der Waals surface area contributed by atoms with Crippen LogP contribution in [0, 0.1) is 0 Å². The van der Waals surface area contributed by atoms with Gasteiger partial charge in [-0.15, -0.1) is 23.7 Å². The molecule has 11 nitrogen and oxygen atoms in total. The normalized spacial score (nSPS) is 25.6. The van der Waals surface area contributed by atoms with Gasteiger partial charge in [-0.05, 0) is 59.6 Å². The van der Waals surface area contributed by atoms with E-state index >= 15 is 0 Å². The SMILES string of the molecule is CN(c1ncnc2sc(CC(F)(F)F)cc12)[C@H]1C[C@@H](N)[C@@H](O)C1.CN[C@@H]1C[C@H](OCOC)[C@H](NC(=O)OC(C)(C)C)C1.Cl. The molecule has 2 aliphatic rings. The average molecular weight is 657 g/mol. The van der Waals surface area contributed by atoms with Gasteiger partial charge in [0.05, 0.1) is 30.1 Å². The van der Waals surface area contributed by atoms with Crippen molar-refractivity contribution in [3.8, 4) is 0 Å². The van der Waals surface area contributed by atoms with Crippen LogP contribution in [0.2, 0.25) is 0 Å².